The number of para-hydroxylation sites is 1. The van der Waals surface area contributed by atoms with Crippen LogP contribution in [0.15, 0.2) is 54.6 Å². The minimum atomic E-state index is 0.360. The van der Waals surface area contributed by atoms with Gasteiger partial charge in [0.2, 0.25) is 0 Å². The Morgan fingerprint density at radius 1 is 1.00 bits per heavy atom. The van der Waals surface area contributed by atoms with Crippen molar-refractivity contribution in [1.82, 2.24) is 5.32 Å². The van der Waals surface area contributed by atoms with E-state index in [1.165, 1.54) is 5.56 Å². The van der Waals surface area contributed by atoms with Crippen molar-refractivity contribution in [3.63, 3.8) is 0 Å². The van der Waals surface area contributed by atoms with E-state index < -0.39 is 0 Å². The number of benzene rings is 2. The quantitative estimate of drug-likeness (QED) is 0.816. The molecule has 2 rings (SSSR count). The van der Waals surface area contributed by atoms with Crippen molar-refractivity contribution in [1.29, 1.82) is 0 Å². The first-order chi connectivity index (χ1) is 9.81. The van der Waals surface area contributed by atoms with Gasteiger partial charge in [0.25, 0.3) is 0 Å². The summed E-state index contributed by atoms with van der Waals surface area (Å²) in [6.07, 6.45) is 1.14. The summed E-state index contributed by atoms with van der Waals surface area (Å²) in [4.78, 5) is 0. The molecular formula is C18H23NO. The highest BCUT2D eigenvalue weighted by Crippen LogP contribution is 2.29. The molecule has 0 radical (unpaired) electrons. The number of hydrogen-bond acceptors (Lipinski definition) is 2. The van der Waals surface area contributed by atoms with Crippen LogP contribution in [-0.4, -0.2) is 19.2 Å². The molecule has 1 atom stereocenters. The molecule has 0 aliphatic carbocycles. The monoisotopic (exact) mass is 269 g/mol. The lowest BCUT2D eigenvalue weighted by Gasteiger charge is -2.16. The van der Waals surface area contributed by atoms with Gasteiger partial charge in [-0.25, -0.2) is 0 Å². The second-order valence-corrected chi connectivity index (χ2v) is 5.03. The highest BCUT2D eigenvalue weighted by molar-refractivity contribution is 5.70. The fraction of sp³-hybridized carbons (Fsp3) is 0.333. The Bertz CT molecular complexity index is 510. The predicted octanol–water partition coefficient (Wildman–Crippen LogP) is 4.12. The largest absolute Gasteiger partial charge is 0.491 e. The van der Waals surface area contributed by atoms with Crippen LogP contribution in [0.1, 0.15) is 20.3 Å². The van der Waals surface area contributed by atoms with Gasteiger partial charge in [-0.2, -0.15) is 0 Å². The Labute approximate surface area is 121 Å². The first kappa shape index (κ1) is 14.6. The average Bonchev–Trinajstić information content (AvgIpc) is 2.52. The highest BCUT2D eigenvalue weighted by Gasteiger charge is 2.07. The van der Waals surface area contributed by atoms with Gasteiger partial charge in [0.15, 0.2) is 0 Å². The molecule has 0 saturated carbocycles. The Balaban J connectivity index is 2.05. The SMILES string of the molecule is CCCNC(C)COc1ccccc1-c1ccccc1. The van der Waals surface area contributed by atoms with Crippen LogP contribution >= 0.6 is 0 Å². The van der Waals surface area contributed by atoms with Crippen molar-refractivity contribution in [3.05, 3.63) is 54.6 Å². The fourth-order valence-corrected chi connectivity index (χ4v) is 2.11. The number of rotatable bonds is 7. The molecule has 0 aromatic heterocycles. The smallest absolute Gasteiger partial charge is 0.127 e. The molecule has 0 spiro atoms. The maximum atomic E-state index is 5.99. The summed E-state index contributed by atoms with van der Waals surface area (Å²) < 4.78 is 5.99. The molecule has 0 bridgehead atoms. The van der Waals surface area contributed by atoms with Crippen molar-refractivity contribution in [2.45, 2.75) is 26.3 Å². The van der Waals surface area contributed by atoms with E-state index in [1.54, 1.807) is 0 Å². The third-order valence-electron chi connectivity index (χ3n) is 3.20. The molecule has 2 aromatic carbocycles. The van der Waals surface area contributed by atoms with Crippen LogP contribution in [0.4, 0.5) is 0 Å². The molecule has 2 heteroatoms. The minimum Gasteiger partial charge on any atom is -0.491 e. The second kappa shape index (κ2) is 7.71. The third-order valence-corrected chi connectivity index (χ3v) is 3.20. The lowest BCUT2D eigenvalue weighted by Crippen LogP contribution is -2.32. The van der Waals surface area contributed by atoms with Gasteiger partial charge in [-0.15, -0.1) is 0 Å². The van der Waals surface area contributed by atoms with Crippen LogP contribution in [-0.2, 0) is 0 Å². The summed E-state index contributed by atoms with van der Waals surface area (Å²) >= 11 is 0. The second-order valence-electron chi connectivity index (χ2n) is 5.03. The van der Waals surface area contributed by atoms with Crippen molar-refractivity contribution >= 4 is 0 Å². The maximum Gasteiger partial charge on any atom is 0.127 e. The zero-order valence-corrected chi connectivity index (χ0v) is 12.3. The van der Waals surface area contributed by atoms with Gasteiger partial charge >= 0.3 is 0 Å². The van der Waals surface area contributed by atoms with Gasteiger partial charge in [0.1, 0.15) is 12.4 Å². The van der Waals surface area contributed by atoms with E-state index in [0.717, 1.165) is 24.3 Å². The third kappa shape index (κ3) is 4.10. The van der Waals surface area contributed by atoms with E-state index in [2.05, 4.69) is 49.5 Å². The highest BCUT2D eigenvalue weighted by atomic mass is 16.5. The Hall–Kier alpha value is -1.80. The Morgan fingerprint density at radius 2 is 1.70 bits per heavy atom. The zero-order valence-electron chi connectivity index (χ0n) is 12.3. The van der Waals surface area contributed by atoms with E-state index in [-0.39, 0.29) is 0 Å². The van der Waals surface area contributed by atoms with Gasteiger partial charge in [-0.05, 0) is 31.5 Å². The molecule has 2 nitrogen and oxygen atoms in total. The number of hydrogen-bond donors (Lipinski definition) is 1. The van der Waals surface area contributed by atoms with E-state index in [1.807, 2.05) is 24.3 Å². The van der Waals surface area contributed by atoms with Crippen LogP contribution in [0.5, 0.6) is 5.75 Å². The Kier molecular flexibility index (Phi) is 5.63. The van der Waals surface area contributed by atoms with Crippen LogP contribution < -0.4 is 10.1 Å². The van der Waals surface area contributed by atoms with Crippen LogP contribution in [0, 0.1) is 0 Å². The van der Waals surface area contributed by atoms with E-state index in [0.29, 0.717) is 12.6 Å². The van der Waals surface area contributed by atoms with Crippen molar-refractivity contribution in [2.75, 3.05) is 13.2 Å². The van der Waals surface area contributed by atoms with E-state index >= 15 is 0 Å². The molecule has 0 aliphatic rings. The average molecular weight is 269 g/mol. The Morgan fingerprint density at radius 3 is 2.45 bits per heavy atom. The molecule has 0 fully saturated rings. The summed E-state index contributed by atoms with van der Waals surface area (Å²) in [5, 5.41) is 3.44. The normalized spacial score (nSPS) is 12.1. The number of nitrogens with one attached hydrogen (secondary N) is 1. The summed E-state index contributed by atoms with van der Waals surface area (Å²) in [7, 11) is 0. The first-order valence-electron chi connectivity index (χ1n) is 7.32. The summed E-state index contributed by atoms with van der Waals surface area (Å²) in [6, 6.07) is 18.9. The van der Waals surface area contributed by atoms with Gasteiger partial charge in [0, 0.05) is 11.6 Å². The molecule has 20 heavy (non-hydrogen) atoms. The molecule has 0 aliphatic heterocycles. The fourth-order valence-electron chi connectivity index (χ4n) is 2.11. The molecule has 0 saturated heterocycles. The molecular weight excluding hydrogens is 246 g/mol. The number of ether oxygens (including phenoxy) is 1. The molecule has 0 heterocycles. The standard InChI is InChI=1S/C18H23NO/c1-3-13-19-15(2)14-20-18-12-8-7-11-17(18)16-9-5-4-6-10-16/h4-12,15,19H,3,13-14H2,1-2H3. The lowest BCUT2D eigenvalue weighted by atomic mass is 10.1. The molecule has 2 aromatic rings. The van der Waals surface area contributed by atoms with Gasteiger partial charge in [-0.1, -0.05) is 55.5 Å². The first-order valence-corrected chi connectivity index (χ1v) is 7.32. The van der Waals surface area contributed by atoms with Crippen molar-refractivity contribution in [2.24, 2.45) is 0 Å². The lowest BCUT2D eigenvalue weighted by molar-refractivity contribution is 0.274. The molecule has 0 amide bonds. The topological polar surface area (TPSA) is 21.3 Å². The summed E-state index contributed by atoms with van der Waals surface area (Å²) in [6.45, 7) is 6.04. The summed E-state index contributed by atoms with van der Waals surface area (Å²) in [5.41, 5.74) is 2.34. The van der Waals surface area contributed by atoms with Crippen LogP contribution in [0.3, 0.4) is 0 Å². The molecule has 106 valence electrons. The van der Waals surface area contributed by atoms with E-state index in [4.69, 9.17) is 4.74 Å². The minimum absolute atomic E-state index is 0.360. The van der Waals surface area contributed by atoms with Gasteiger partial charge in [-0.3, -0.25) is 0 Å². The van der Waals surface area contributed by atoms with E-state index in [9.17, 15) is 0 Å². The van der Waals surface area contributed by atoms with Crippen molar-refractivity contribution in [3.8, 4) is 16.9 Å². The van der Waals surface area contributed by atoms with Gasteiger partial charge in [0.05, 0.1) is 0 Å². The van der Waals surface area contributed by atoms with Crippen LogP contribution in [0.25, 0.3) is 11.1 Å². The zero-order chi connectivity index (χ0) is 14.2. The maximum absolute atomic E-state index is 5.99. The molecule has 1 unspecified atom stereocenters. The van der Waals surface area contributed by atoms with Crippen LogP contribution in [0.2, 0.25) is 0 Å². The van der Waals surface area contributed by atoms with Crippen molar-refractivity contribution < 1.29 is 4.74 Å². The van der Waals surface area contributed by atoms with Gasteiger partial charge < -0.3 is 10.1 Å². The molecule has 1 N–H and O–H groups in total. The summed E-state index contributed by atoms with van der Waals surface area (Å²) in [5.74, 6) is 0.948. The predicted molar refractivity (Wildman–Crippen MR) is 85.1 cm³/mol.